The molecule has 0 bridgehead atoms. The number of benzene rings is 1. The molecule has 1 aromatic carbocycles. The first-order valence-electron chi connectivity index (χ1n) is 5.07. The molecule has 0 spiro atoms. The van der Waals surface area contributed by atoms with Gasteiger partial charge in [-0.2, -0.15) is 5.10 Å². The molecule has 0 radical (unpaired) electrons. The van der Waals surface area contributed by atoms with Crippen LogP contribution in [0.15, 0.2) is 42.6 Å². The van der Waals surface area contributed by atoms with E-state index in [1.165, 1.54) is 5.56 Å². The van der Waals surface area contributed by atoms with Crippen LogP contribution < -0.4 is 10.1 Å². The molecule has 0 saturated heterocycles. The van der Waals surface area contributed by atoms with Gasteiger partial charge in [-0.25, -0.2) is 0 Å². The number of rotatable bonds is 4. The fraction of sp³-hybridized carbons (Fsp3) is 0.167. The molecule has 0 aliphatic carbocycles. The van der Waals surface area contributed by atoms with E-state index in [2.05, 4.69) is 15.5 Å². The van der Waals surface area contributed by atoms with Crippen LogP contribution in [0.1, 0.15) is 5.56 Å². The average molecular weight is 215 g/mol. The van der Waals surface area contributed by atoms with Crippen molar-refractivity contribution in [3.8, 4) is 11.6 Å². The van der Waals surface area contributed by atoms with Crippen molar-refractivity contribution in [3.63, 3.8) is 0 Å². The Kier molecular flexibility index (Phi) is 3.46. The summed E-state index contributed by atoms with van der Waals surface area (Å²) in [4.78, 5) is 0. The fourth-order valence-corrected chi connectivity index (χ4v) is 1.39. The maximum absolute atomic E-state index is 5.56. The molecule has 82 valence electrons. The molecule has 0 saturated carbocycles. The van der Waals surface area contributed by atoms with Crippen molar-refractivity contribution in [2.24, 2.45) is 0 Å². The summed E-state index contributed by atoms with van der Waals surface area (Å²) in [7, 11) is 1.91. The summed E-state index contributed by atoms with van der Waals surface area (Å²) in [6, 6.07) is 11.4. The highest BCUT2D eigenvalue weighted by Crippen LogP contribution is 2.19. The summed E-state index contributed by atoms with van der Waals surface area (Å²) >= 11 is 0. The third-order valence-corrected chi connectivity index (χ3v) is 2.05. The molecule has 1 N–H and O–H groups in total. The number of hydrogen-bond donors (Lipinski definition) is 1. The Morgan fingerprint density at radius 1 is 1.25 bits per heavy atom. The highest BCUT2D eigenvalue weighted by molar-refractivity contribution is 5.31. The van der Waals surface area contributed by atoms with Gasteiger partial charge in [0.15, 0.2) is 0 Å². The van der Waals surface area contributed by atoms with E-state index < -0.39 is 0 Å². The van der Waals surface area contributed by atoms with Crippen LogP contribution in [0, 0.1) is 0 Å². The molecule has 4 heteroatoms. The minimum atomic E-state index is 0.504. The van der Waals surface area contributed by atoms with Crippen LogP contribution in [0.3, 0.4) is 0 Å². The highest BCUT2D eigenvalue weighted by atomic mass is 16.5. The fourth-order valence-electron chi connectivity index (χ4n) is 1.39. The van der Waals surface area contributed by atoms with Gasteiger partial charge in [-0.1, -0.05) is 12.1 Å². The van der Waals surface area contributed by atoms with Crippen LogP contribution in [-0.2, 0) is 6.54 Å². The maximum Gasteiger partial charge on any atom is 0.238 e. The summed E-state index contributed by atoms with van der Waals surface area (Å²) in [6.45, 7) is 0.817. The van der Waals surface area contributed by atoms with Gasteiger partial charge in [0.25, 0.3) is 0 Å². The summed E-state index contributed by atoms with van der Waals surface area (Å²) in [5, 5.41) is 10.7. The molecule has 0 atom stereocenters. The predicted molar refractivity (Wildman–Crippen MR) is 61.3 cm³/mol. The van der Waals surface area contributed by atoms with Gasteiger partial charge in [0, 0.05) is 18.8 Å². The van der Waals surface area contributed by atoms with Crippen LogP contribution in [0.4, 0.5) is 0 Å². The quantitative estimate of drug-likeness (QED) is 0.847. The van der Waals surface area contributed by atoms with Gasteiger partial charge in [0.1, 0.15) is 5.75 Å². The Hall–Kier alpha value is -1.94. The van der Waals surface area contributed by atoms with E-state index in [1.807, 2.05) is 31.3 Å². The summed E-state index contributed by atoms with van der Waals surface area (Å²) in [6.07, 6.45) is 1.62. The number of aromatic nitrogens is 2. The topological polar surface area (TPSA) is 47.0 Å². The molecule has 0 aliphatic rings. The van der Waals surface area contributed by atoms with Gasteiger partial charge < -0.3 is 10.1 Å². The van der Waals surface area contributed by atoms with E-state index in [4.69, 9.17) is 4.74 Å². The maximum atomic E-state index is 5.56. The highest BCUT2D eigenvalue weighted by Gasteiger charge is 1.99. The lowest BCUT2D eigenvalue weighted by molar-refractivity contribution is 0.454. The van der Waals surface area contributed by atoms with E-state index in [1.54, 1.807) is 18.3 Å². The van der Waals surface area contributed by atoms with Crippen LogP contribution in [0.2, 0.25) is 0 Å². The van der Waals surface area contributed by atoms with Gasteiger partial charge in [-0.3, -0.25) is 0 Å². The summed E-state index contributed by atoms with van der Waals surface area (Å²) in [5.41, 5.74) is 1.17. The number of ether oxygens (including phenoxy) is 1. The first-order chi connectivity index (χ1) is 7.88. The number of hydrogen-bond acceptors (Lipinski definition) is 4. The first kappa shape index (κ1) is 10.6. The molecule has 0 fully saturated rings. The van der Waals surface area contributed by atoms with Crippen molar-refractivity contribution in [1.82, 2.24) is 15.5 Å². The standard InChI is InChI=1S/C12H13N3O/c1-13-9-10-4-2-5-11(8-10)16-12-6-3-7-14-15-12/h2-8,13H,9H2,1H3. The van der Waals surface area contributed by atoms with Crippen molar-refractivity contribution in [2.75, 3.05) is 7.05 Å². The SMILES string of the molecule is CNCc1cccc(Oc2cccnn2)c1. The molecule has 1 heterocycles. The third kappa shape index (κ3) is 2.77. The molecular formula is C12H13N3O. The lowest BCUT2D eigenvalue weighted by atomic mass is 10.2. The molecule has 1 aromatic heterocycles. The third-order valence-electron chi connectivity index (χ3n) is 2.05. The lowest BCUT2D eigenvalue weighted by Crippen LogP contribution is -2.04. The summed E-state index contributed by atoms with van der Waals surface area (Å²) in [5.74, 6) is 1.28. The zero-order valence-electron chi connectivity index (χ0n) is 9.05. The molecule has 0 aliphatic heterocycles. The van der Waals surface area contributed by atoms with Crippen LogP contribution in [0.5, 0.6) is 11.6 Å². The molecule has 0 amide bonds. The van der Waals surface area contributed by atoms with Crippen molar-refractivity contribution in [1.29, 1.82) is 0 Å². The van der Waals surface area contributed by atoms with E-state index in [0.717, 1.165) is 12.3 Å². The molecule has 4 nitrogen and oxygen atoms in total. The van der Waals surface area contributed by atoms with E-state index in [0.29, 0.717) is 5.88 Å². The van der Waals surface area contributed by atoms with Crippen molar-refractivity contribution in [2.45, 2.75) is 6.54 Å². The molecule has 16 heavy (non-hydrogen) atoms. The van der Waals surface area contributed by atoms with Gasteiger partial charge in [0.05, 0.1) is 0 Å². The van der Waals surface area contributed by atoms with E-state index >= 15 is 0 Å². The van der Waals surface area contributed by atoms with Crippen LogP contribution >= 0.6 is 0 Å². The van der Waals surface area contributed by atoms with E-state index in [-0.39, 0.29) is 0 Å². The Morgan fingerprint density at radius 2 is 2.19 bits per heavy atom. The van der Waals surface area contributed by atoms with Crippen molar-refractivity contribution >= 4 is 0 Å². The second-order valence-corrected chi connectivity index (χ2v) is 3.34. The van der Waals surface area contributed by atoms with Gasteiger partial charge in [-0.05, 0) is 30.8 Å². The molecular weight excluding hydrogens is 202 g/mol. The Balaban J connectivity index is 2.12. The van der Waals surface area contributed by atoms with E-state index in [9.17, 15) is 0 Å². The Bertz CT molecular complexity index is 445. The normalized spacial score (nSPS) is 10.1. The molecule has 2 rings (SSSR count). The molecule has 2 aromatic rings. The smallest absolute Gasteiger partial charge is 0.238 e. The van der Waals surface area contributed by atoms with Crippen molar-refractivity contribution < 1.29 is 4.74 Å². The second-order valence-electron chi connectivity index (χ2n) is 3.34. The molecule has 0 unspecified atom stereocenters. The van der Waals surface area contributed by atoms with Gasteiger partial charge in [-0.15, -0.1) is 5.10 Å². The minimum absolute atomic E-state index is 0.504. The van der Waals surface area contributed by atoms with Crippen LogP contribution in [0.25, 0.3) is 0 Å². The average Bonchev–Trinajstić information content (AvgIpc) is 2.31. The van der Waals surface area contributed by atoms with Gasteiger partial charge >= 0.3 is 0 Å². The number of nitrogens with one attached hydrogen (secondary N) is 1. The largest absolute Gasteiger partial charge is 0.438 e. The second kappa shape index (κ2) is 5.23. The zero-order chi connectivity index (χ0) is 11.2. The Labute approximate surface area is 94.3 Å². The zero-order valence-corrected chi connectivity index (χ0v) is 9.05. The number of nitrogens with zero attached hydrogens (tertiary/aromatic N) is 2. The van der Waals surface area contributed by atoms with Crippen LogP contribution in [-0.4, -0.2) is 17.2 Å². The monoisotopic (exact) mass is 215 g/mol. The minimum Gasteiger partial charge on any atom is -0.438 e. The lowest BCUT2D eigenvalue weighted by Gasteiger charge is -2.05. The predicted octanol–water partition coefficient (Wildman–Crippen LogP) is 1.99. The summed E-state index contributed by atoms with van der Waals surface area (Å²) < 4.78 is 5.56. The van der Waals surface area contributed by atoms with Gasteiger partial charge in [0.2, 0.25) is 5.88 Å². The van der Waals surface area contributed by atoms with Crippen molar-refractivity contribution in [3.05, 3.63) is 48.2 Å². The first-order valence-corrected chi connectivity index (χ1v) is 5.07. The Morgan fingerprint density at radius 3 is 2.94 bits per heavy atom.